The van der Waals surface area contributed by atoms with Crippen molar-refractivity contribution in [2.75, 3.05) is 13.1 Å². The summed E-state index contributed by atoms with van der Waals surface area (Å²) in [6, 6.07) is 0.725. The number of carbonyl (C=O) groups is 1. The highest BCUT2D eigenvalue weighted by Gasteiger charge is 2.34. The predicted octanol–water partition coefficient (Wildman–Crippen LogP) is 2.09. The maximum absolute atomic E-state index is 11.6. The Morgan fingerprint density at radius 2 is 1.93 bits per heavy atom. The Bertz CT molecular complexity index is 216. The minimum atomic E-state index is 0.204. The van der Waals surface area contributed by atoms with E-state index in [-0.39, 0.29) is 5.92 Å². The van der Waals surface area contributed by atoms with Gasteiger partial charge in [-0.3, -0.25) is 9.69 Å². The highest BCUT2D eigenvalue weighted by Crippen LogP contribution is 2.34. The van der Waals surface area contributed by atoms with E-state index in [1.807, 2.05) is 13.8 Å². The molecule has 1 saturated carbocycles. The molecule has 0 aromatic rings. The lowest BCUT2D eigenvalue weighted by molar-refractivity contribution is -0.125. The Morgan fingerprint density at radius 1 is 1.29 bits per heavy atom. The average molecular weight is 195 g/mol. The molecule has 3 rings (SSSR count). The molecule has 80 valence electrons. The van der Waals surface area contributed by atoms with E-state index in [0.717, 1.165) is 12.0 Å². The van der Waals surface area contributed by atoms with Gasteiger partial charge in [0.2, 0.25) is 0 Å². The summed E-state index contributed by atoms with van der Waals surface area (Å²) in [7, 11) is 0. The Kier molecular flexibility index (Phi) is 2.91. The van der Waals surface area contributed by atoms with Crippen LogP contribution in [0, 0.1) is 11.8 Å². The molecule has 2 aliphatic heterocycles. The van der Waals surface area contributed by atoms with E-state index in [1.54, 1.807) is 0 Å². The first-order chi connectivity index (χ1) is 6.66. The molecule has 2 heterocycles. The van der Waals surface area contributed by atoms with Crippen LogP contribution in [-0.2, 0) is 4.79 Å². The second-order valence-corrected chi connectivity index (χ2v) is 5.23. The van der Waals surface area contributed by atoms with Crippen molar-refractivity contribution >= 4 is 5.78 Å². The standard InChI is InChI=1S/C12H21NO/c1-9(2)12(14)8-13-7-10-3-5-11(13)6-4-10/h9-11H,3-8H2,1-2H3. The van der Waals surface area contributed by atoms with Crippen LogP contribution in [0.2, 0.25) is 0 Å². The molecule has 0 atom stereocenters. The lowest BCUT2D eigenvalue weighted by Crippen LogP contribution is -2.50. The molecule has 3 fully saturated rings. The van der Waals surface area contributed by atoms with Crippen LogP contribution in [0.3, 0.4) is 0 Å². The van der Waals surface area contributed by atoms with Gasteiger partial charge in [-0.05, 0) is 31.6 Å². The summed E-state index contributed by atoms with van der Waals surface area (Å²) >= 11 is 0. The summed E-state index contributed by atoms with van der Waals surface area (Å²) in [5.74, 6) is 1.51. The van der Waals surface area contributed by atoms with E-state index in [9.17, 15) is 4.79 Å². The third-order valence-corrected chi connectivity index (χ3v) is 3.83. The SMILES string of the molecule is CC(C)C(=O)CN1CC2CCC1CC2. The molecule has 2 nitrogen and oxygen atoms in total. The highest BCUT2D eigenvalue weighted by molar-refractivity contribution is 5.82. The third-order valence-electron chi connectivity index (χ3n) is 3.83. The summed E-state index contributed by atoms with van der Waals surface area (Å²) in [5, 5.41) is 0. The lowest BCUT2D eigenvalue weighted by Gasteiger charge is -2.45. The van der Waals surface area contributed by atoms with E-state index in [2.05, 4.69) is 4.90 Å². The minimum Gasteiger partial charge on any atom is -0.298 e. The zero-order valence-electron chi connectivity index (χ0n) is 9.33. The maximum atomic E-state index is 11.6. The summed E-state index contributed by atoms with van der Waals surface area (Å²) in [6.07, 6.45) is 5.46. The average Bonchev–Trinajstić information content (AvgIpc) is 2.19. The second-order valence-electron chi connectivity index (χ2n) is 5.23. The number of ketones is 1. The first-order valence-corrected chi connectivity index (χ1v) is 5.93. The molecule has 0 N–H and O–H groups in total. The molecule has 3 aliphatic rings. The van der Waals surface area contributed by atoms with Crippen molar-refractivity contribution in [1.82, 2.24) is 4.90 Å². The summed E-state index contributed by atoms with van der Waals surface area (Å²) in [6.45, 7) is 5.90. The topological polar surface area (TPSA) is 20.3 Å². The second kappa shape index (κ2) is 4.01. The number of hydrogen-bond acceptors (Lipinski definition) is 2. The van der Waals surface area contributed by atoms with Crippen LogP contribution in [0.1, 0.15) is 39.5 Å². The van der Waals surface area contributed by atoms with Crippen LogP contribution in [0.25, 0.3) is 0 Å². The van der Waals surface area contributed by atoms with Crippen molar-refractivity contribution in [2.24, 2.45) is 11.8 Å². The van der Waals surface area contributed by atoms with Crippen molar-refractivity contribution in [3.05, 3.63) is 0 Å². The number of rotatable bonds is 3. The van der Waals surface area contributed by atoms with Gasteiger partial charge in [0.05, 0.1) is 6.54 Å². The number of piperidine rings is 2. The molecule has 0 aromatic heterocycles. The highest BCUT2D eigenvalue weighted by atomic mass is 16.1. The molecular weight excluding hydrogens is 174 g/mol. The smallest absolute Gasteiger partial charge is 0.149 e. The largest absolute Gasteiger partial charge is 0.298 e. The van der Waals surface area contributed by atoms with Crippen molar-refractivity contribution in [1.29, 1.82) is 0 Å². The number of Topliss-reactive ketones (excluding diaryl/α,β-unsaturated/α-hetero) is 1. The quantitative estimate of drug-likeness (QED) is 0.687. The zero-order chi connectivity index (χ0) is 10.1. The summed E-state index contributed by atoms with van der Waals surface area (Å²) in [4.78, 5) is 14.1. The van der Waals surface area contributed by atoms with Crippen molar-refractivity contribution < 1.29 is 4.79 Å². The van der Waals surface area contributed by atoms with Gasteiger partial charge in [-0.25, -0.2) is 0 Å². The van der Waals surface area contributed by atoms with Gasteiger partial charge < -0.3 is 0 Å². The normalized spacial score (nSPS) is 32.5. The van der Waals surface area contributed by atoms with E-state index < -0.39 is 0 Å². The van der Waals surface area contributed by atoms with Gasteiger partial charge in [-0.15, -0.1) is 0 Å². The van der Waals surface area contributed by atoms with Crippen LogP contribution < -0.4 is 0 Å². The third kappa shape index (κ3) is 2.00. The molecule has 2 heteroatoms. The number of carbonyl (C=O) groups excluding carboxylic acids is 1. The van der Waals surface area contributed by atoms with E-state index in [4.69, 9.17) is 0 Å². The summed E-state index contributed by atoms with van der Waals surface area (Å²) < 4.78 is 0. The Labute approximate surface area is 86.7 Å². The van der Waals surface area contributed by atoms with Gasteiger partial charge in [0.15, 0.2) is 0 Å². The van der Waals surface area contributed by atoms with Crippen LogP contribution in [-0.4, -0.2) is 29.8 Å². The van der Waals surface area contributed by atoms with Gasteiger partial charge in [0.25, 0.3) is 0 Å². The molecule has 0 amide bonds. The van der Waals surface area contributed by atoms with Crippen molar-refractivity contribution in [3.8, 4) is 0 Å². The molecule has 14 heavy (non-hydrogen) atoms. The molecule has 0 spiro atoms. The fourth-order valence-electron chi connectivity index (χ4n) is 2.75. The molecule has 2 saturated heterocycles. The molecule has 0 radical (unpaired) electrons. The molecule has 1 aliphatic carbocycles. The van der Waals surface area contributed by atoms with Crippen molar-refractivity contribution in [3.63, 3.8) is 0 Å². The van der Waals surface area contributed by atoms with E-state index in [0.29, 0.717) is 12.3 Å². The molecule has 0 unspecified atom stereocenters. The van der Waals surface area contributed by atoms with Crippen molar-refractivity contribution in [2.45, 2.75) is 45.6 Å². The van der Waals surface area contributed by atoms with Gasteiger partial charge in [-0.1, -0.05) is 13.8 Å². The molecule has 2 bridgehead atoms. The first kappa shape index (κ1) is 10.2. The van der Waals surface area contributed by atoms with Gasteiger partial charge in [0.1, 0.15) is 5.78 Å². The molecular formula is C12H21NO. The van der Waals surface area contributed by atoms with Crippen LogP contribution >= 0.6 is 0 Å². The lowest BCUT2D eigenvalue weighted by atomic mass is 9.80. The molecule has 0 aromatic carbocycles. The Morgan fingerprint density at radius 3 is 2.36 bits per heavy atom. The monoisotopic (exact) mass is 195 g/mol. The predicted molar refractivity (Wildman–Crippen MR) is 57.2 cm³/mol. The first-order valence-electron chi connectivity index (χ1n) is 5.93. The fraction of sp³-hybridized carbons (Fsp3) is 0.917. The summed E-state index contributed by atoms with van der Waals surface area (Å²) in [5.41, 5.74) is 0. The fourth-order valence-corrected chi connectivity index (χ4v) is 2.75. The van der Waals surface area contributed by atoms with Crippen LogP contribution in [0.5, 0.6) is 0 Å². The van der Waals surface area contributed by atoms with Crippen LogP contribution in [0.4, 0.5) is 0 Å². The van der Waals surface area contributed by atoms with Crippen LogP contribution in [0.15, 0.2) is 0 Å². The van der Waals surface area contributed by atoms with Gasteiger partial charge in [-0.2, -0.15) is 0 Å². The minimum absolute atomic E-state index is 0.204. The van der Waals surface area contributed by atoms with Gasteiger partial charge in [0, 0.05) is 18.5 Å². The van der Waals surface area contributed by atoms with E-state index >= 15 is 0 Å². The Balaban J connectivity index is 1.90. The maximum Gasteiger partial charge on any atom is 0.149 e. The van der Waals surface area contributed by atoms with Gasteiger partial charge >= 0.3 is 0 Å². The zero-order valence-corrected chi connectivity index (χ0v) is 9.33. The number of fused-ring (bicyclic) bond motifs is 3. The Hall–Kier alpha value is -0.370. The number of nitrogens with zero attached hydrogens (tertiary/aromatic N) is 1. The van der Waals surface area contributed by atoms with E-state index in [1.165, 1.54) is 32.2 Å². The number of hydrogen-bond donors (Lipinski definition) is 0.